The van der Waals surface area contributed by atoms with E-state index in [9.17, 15) is 27.9 Å². The fourth-order valence-corrected chi connectivity index (χ4v) is 5.15. The van der Waals surface area contributed by atoms with Gasteiger partial charge in [0.1, 0.15) is 5.82 Å². The van der Waals surface area contributed by atoms with E-state index in [4.69, 9.17) is 0 Å². The van der Waals surface area contributed by atoms with Crippen molar-refractivity contribution in [3.05, 3.63) is 125 Å². The van der Waals surface area contributed by atoms with Crippen molar-refractivity contribution in [2.45, 2.75) is 45.5 Å². The van der Waals surface area contributed by atoms with Crippen LogP contribution >= 0.6 is 0 Å². The highest BCUT2D eigenvalue weighted by molar-refractivity contribution is 5.98. The molecule has 0 aliphatic rings. The minimum atomic E-state index is -4.68. The van der Waals surface area contributed by atoms with Crippen LogP contribution in [0.5, 0.6) is 0 Å². The van der Waals surface area contributed by atoms with Gasteiger partial charge in [0.25, 0.3) is 5.91 Å². The van der Waals surface area contributed by atoms with Crippen LogP contribution in [0.15, 0.2) is 91.0 Å². The van der Waals surface area contributed by atoms with Gasteiger partial charge in [-0.2, -0.15) is 13.2 Å². The largest absolute Gasteiger partial charge is 0.478 e. The molecule has 0 saturated heterocycles. The summed E-state index contributed by atoms with van der Waals surface area (Å²) in [5.74, 6) is -1.13. The van der Waals surface area contributed by atoms with Gasteiger partial charge in [-0.3, -0.25) is 4.79 Å². The summed E-state index contributed by atoms with van der Waals surface area (Å²) >= 11 is 0. The lowest BCUT2D eigenvalue weighted by molar-refractivity contribution is -0.155. The molecule has 4 aromatic carbocycles. The second kappa shape index (κ2) is 11.8. The number of hydrogen-bond donors (Lipinski definition) is 2. The smallest absolute Gasteiger partial charge is 0.412 e. The Morgan fingerprint density at radius 3 is 2.28 bits per heavy atom. The second-order valence-electron chi connectivity index (χ2n) is 10.8. The quantitative estimate of drug-likeness (QED) is 0.194. The van der Waals surface area contributed by atoms with E-state index in [1.54, 1.807) is 42.5 Å². The number of aryl methyl sites for hydroxylation is 1. The van der Waals surface area contributed by atoms with Crippen molar-refractivity contribution in [3.63, 3.8) is 0 Å². The van der Waals surface area contributed by atoms with Crippen molar-refractivity contribution in [2.75, 3.05) is 0 Å². The lowest BCUT2D eigenvalue weighted by Crippen LogP contribution is -2.38. The zero-order valence-corrected chi connectivity index (χ0v) is 23.8. The third kappa shape index (κ3) is 6.30. The average molecular weight is 586 g/mol. The maximum Gasteiger partial charge on any atom is 0.412 e. The number of carboxylic acid groups (broad SMARTS) is 1. The Hall–Kier alpha value is -4.92. The maximum atomic E-state index is 14.1. The number of carbonyl (C=O) groups is 2. The van der Waals surface area contributed by atoms with Crippen LogP contribution in [0, 0.1) is 6.92 Å². The molecule has 6 nitrogen and oxygen atoms in total. The first-order valence-corrected chi connectivity index (χ1v) is 13.8. The molecule has 0 unspecified atom stereocenters. The van der Waals surface area contributed by atoms with Crippen molar-refractivity contribution >= 4 is 22.9 Å². The number of carboxylic acids is 1. The number of hydrogen-bond acceptors (Lipinski definition) is 3. The maximum absolute atomic E-state index is 14.1. The molecule has 9 heteroatoms. The van der Waals surface area contributed by atoms with Gasteiger partial charge in [-0.05, 0) is 64.9 Å². The third-order valence-corrected chi connectivity index (χ3v) is 7.48. The van der Waals surface area contributed by atoms with E-state index in [1.807, 2.05) is 49.6 Å². The van der Waals surface area contributed by atoms with Crippen LogP contribution in [0.2, 0.25) is 0 Å². The van der Waals surface area contributed by atoms with Gasteiger partial charge >= 0.3 is 12.1 Å². The van der Waals surface area contributed by atoms with Crippen molar-refractivity contribution in [2.24, 2.45) is 0 Å². The number of halogens is 3. The Bertz CT molecular complexity index is 1810. The zero-order valence-electron chi connectivity index (χ0n) is 23.8. The predicted octanol–water partition coefficient (Wildman–Crippen LogP) is 7.92. The summed E-state index contributed by atoms with van der Waals surface area (Å²) in [5, 5.41) is 11.7. The van der Waals surface area contributed by atoms with E-state index in [-0.39, 0.29) is 22.6 Å². The summed E-state index contributed by atoms with van der Waals surface area (Å²) in [7, 11) is 0. The molecule has 0 aliphatic carbocycles. The lowest BCUT2D eigenvalue weighted by Gasteiger charge is -2.23. The molecule has 43 heavy (non-hydrogen) atoms. The number of fused-ring (bicyclic) bond motifs is 1. The van der Waals surface area contributed by atoms with E-state index in [0.717, 1.165) is 22.2 Å². The first-order chi connectivity index (χ1) is 20.4. The van der Waals surface area contributed by atoms with Crippen LogP contribution in [0.4, 0.5) is 13.2 Å². The standard InChI is InChI=1S/C34H30F3N3O3/c1-20(2)24-7-6-8-25(17-24)31(34(35,36)37)39-32(41)26-15-16-30-29(18-26)38-21(3)40(30)19-22-11-13-23(14-12-22)27-9-4-5-10-28(27)33(42)43/h4-18,20,31H,19H2,1-3H3,(H,39,41)(H,42,43)/t31-/m1/s1. The van der Waals surface area contributed by atoms with Crippen LogP contribution in [0.25, 0.3) is 22.2 Å². The fraction of sp³-hybridized carbons (Fsp3) is 0.206. The number of aromatic carboxylic acids is 1. The molecule has 1 atom stereocenters. The fourth-order valence-electron chi connectivity index (χ4n) is 5.15. The summed E-state index contributed by atoms with van der Waals surface area (Å²) in [5.41, 5.74) is 4.58. The van der Waals surface area contributed by atoms with Gasteiger partial charge in [0, 0.05) is 12.1 Å². The number of alkyl halides is 3. The molecule has 0 spiro atoms. The average Bonchev–Trinajstić information content (AvgIpc) is 3.29. The molecular formula is C34H30F3N3O3. The van der Waals surface area contributed by atoms with Crippen molar-refractivity contribution in [1.29, 1.82) is 0 Å². The first kappa shape index (κ1) is 29.6. The Morgan fingerprint density at radius 2 is 1.60 bits per heavy atom. The normalized spacial score (nSPS) is 12.4. The van der Waals surface area contributed by atoms with Crippen molar-refractivity contribution in [3.8, 4) is 11.1 Å². The molecule has 5 aromatic rings. The number of benzene rings is 4. The number of amides is 1. The molecule has 0 bridgehead atoms. The van der Waals surface area contributed by atoms with Crippen molar-refractivity contribution in [1.82, 2.24) is 14.9 Å². The van der Waals surface area contributed by atoms with Gasteiger partial charge in [0.2, 0.25) is 0 Å². The highest BCUT2D eigenvalue weighted by Gasteiger charge is 2.42. The minimum Gasteiger partial charge on any atom is -0.478 e. The number of aromatic nitrogens is 2. The molecular weight excluding hydrogens is 555 g/mol. The Balaban J connectivity index is 1.38. The molecule has 1 amide bonds. The van der Waals surface area contributed by atoms with Crippen LogP contribution in [0.3, 0.4) is 0 Å². The number of imidazole rings is 1. The molecule has 2 N–H and O–H groups in total. The number of nitrogens with one attached hydrogen (secondary N) is 1. The van der Waals surface area contributed by atoms with E-state index in [2.05, 4.69) is 10.3 Å². The van der Waals surface area contributed by atoms with Gasteiger partial charge in [-0.15, -0.1) is 0 Å². The lowest BCUT2D eigenvalue weighted by atomic mass is 9.97. The topological polar surface area (TPSA) is 84.2 Å². The van der Waals surface area contributed by atoms with Gasteiger partial charge in [-0.25, -0.2) is 9.78 Å². The summed E-state index contributed by atoms with van der Waals surface area (Å²) < 4.78 is 44.1. The first-order valence-electron chi connectivity index (χ1n) is 13.8. The summed E-state index contributed by atoms with van der Waals surface area (Å²) in [6.07, 6.45) is -4.68. The molecule has 1 heterocycles. The van der Waals surface area contributed by atoms with Crippen LogP contribution in [0.1, 0.15) is 69.0 Å². The SMILES string of the molecule is Cc1nc2cc(C(=O)N[C@H](c3cccc(C(C)C)c3)C(F)(F)F)ccc2n1Cc1ccc(-c2ccccc2C(=O)O)cc1. The monoisotopic (exact) mass is 585 g/mol. The summed E-state index contributed by atoms with van der Waals surface area (Å²) in [6, 6.07) is 23.1. The molecule has 220 valence electrons. The molecule has 0 saturated carbocycles. The van der Waals surface area contributed by atoms with E-state index in [1.165, 1.54) is 24.3 Å². The van der Waals surface area contributed by atoms with Crippen molar-refractivity contribution < 1.29 is 27.9 Å². The summed E-state index contributed by atoms with van der Waals surface area (Å²) in [6.45, 7) is 6.07. The third-order valence-electron chi connectivity index (χ3n) is 7.48. The summed E-state index contributed by atoms with van der Waals surface area (Å²) in [4.78, 5) is 29.2. The number of carbonyl (C=O) groups excluding carboxylic acids is 1. The Morgan fingerprint density at radius 1 is 0.907 bits per heavy atom. The second-order valence-corrected chi connectivity index (χ2v) is 10.8. The zero-order chi connectivity index (χ0) is 30.9. The molecule has 0 fully saturated rings. The van der Waals surface area contributed by atoms with Gasteiger partial charge < -0.3 is 15.0 Å². The highest BCUT2D eigenvalue weighted by Crippen LogP contribution is 2.34. The van der Waals surface area contributed by atoms with Crippen LogP contribution < -0.4 is 5.32 Å². The van der Waals surface area contributed by atoms with Gasteiger partial charge in [-0.1, -0.05) is 80.6 Å². The highest BCUT2D eigenvalue weighted by atomic mass is 19.4. The Labute approximate surface area is 246 Å². The molecule has 5 rings (SSSR count). The van der Waals surface area contributed by atoms with Crippen LogP contribution in [-0.4, -0.2) is 32.7 Å². The van der Waals surface area contributed by atoms with E-state index >= 15 is 0 Å². The van der Waals surface area contributed by atoms with Gasteiger partial charge in [0.05, 0.1) is 16.6 Å². The molecule has 1 aromatic heterocycles. The number of nitrogens with zero attached hydrogens (tertiary/aromatic N) is 2. The van der Waals surface area contributed by atoms with E-state index < -0.39 is 24.1 Å². The minimum absolute atomic E-state index is 0.0225. The number of rotatable bonds is 8. The van der Waals surface area contributed by atoms with Gasteiger partial charge in [0.15, 0.2) is 6.04 Å². The van der Waals surface area contributed by atoms with E-state index in [0.29, 0.717) is 23.4 Å². The molecule has 0 aliphatic heterocycles. The molecule has 0 radical (unpaired) electrons. The van der Waals surface area contributed by atoms with Crippen LogP contribution in [-0.2, 0) is 6.54 Å². The Kier molecular flexibility index (Phi) is 8.08. The predicted molar refractivity (Wildman–Crippen MR) is 159 cm³/mol.